The summed E-state index contributed by atoms with van der Waals surface area (Å²) in [5.41, 5.74) is 0. The first kappa shape index (κ1) is 29.6. The van der Waals surface area contributed by atoms with Gasteiger partial charge >= 0.3 is 0 Å². The van der Waals surface area contributed by atoms with Crippen molar-refractivity contribution >= 4 is 0 Å². The maximum absolute atomic E-state index is 11.4. The van der Waals surface area contributed by atoms with E-state index in [4.69, 9.17) is 0 Å². The summed E-state index contributed by atoms with van der Waals surface area (Å²) in [7, 11) is 0. The number of aliphatic hydroxyl groups is 1. The number of fused-ring (bicyclic) bond motifs is 20. The van der Waals surface area contributed by atoms with Crippen LogP contribution in [-0.4, -0.2) is 60.5 Å². The Bertz CT molecular complexity index is 959. The summed E-state index contributed by atoms with van der Waals surface area (Å²) in [6, 6.07) is 0. The fourth-order valence-electron chi connectivity index (χ4n) is 12.0. The van der Waals surface area contributed by atoms with E-state index in [0.717, 1.165) is 12.8 Å². The fourth-order valence-corrected chi connectivity index (χ4v) is 12.0. The van der Waals surface area contributed by atoms with Crippen LogP contribution in [0, 0.1) is 47.3 Å². The Morgan fingerprint density at radius 3 is 0.905 bits per heavy atom. The van der Waals surface area contributed by atoms with Gasteiger partial charge in [0, 0.05) is 23.0 Å². The van der Waals surface area contributed by atoms with Crippen LogP contribution in [0.15, 0.2) is 0 Å². The van der Waals surface area contributed by atoms with Gasteiger partial charge < -0.3 is 5.11 Å². The molecule has 0 aromatic heterocycles. The molecule has 9 nitrogen and oxygen atoms in total. The summed E-state index contributed by atoms with van der Waals surface area (Å²) in [5, 5.41) is 44.6. The van der Waals surface area contributed by atoms with Crippen LogP contribution in [0.25, 0.3) is 0 Å². The summed E-state index contributed by atoms with van der Waals surface area (Å²) >= 11 is 0. The molecule has 9 N–H and O–H groups in total. The van der Waals surface area contributed by atoms with Crippen molar-refractivity contribution in [2.45, 2.75) is 152 Å². The molecule has 9 aliphatic rings. The number of hydrogen-bond acceptors (Lipinski definition) is 9. The number of nitrogens with one attached hydrogen (secondary N) is 8. The Balaban J connectivity index is 0.00000267. The second-order valence-corrected chi connectivity index (χ2v) is 15.7. The van der Waals surface area contributed by atoms with Gasteiger partial charge in [-0.3, -0.25) is 42.5 Å². The standard InChI is InChI=1S/C32H56N8O.Cu/c41-23-15-7-14-22-24(23)32-39-30-21-13-6-5-12-20(21)28(37-30)35-26-17-9-2-1-8-16(17)25(33-26)34-27-18-10-3-4-11-19(18)29(36-27)38-31(22)40-32;/h16-41H,1-15H2;. The predicted octanol–water partition coefficient (Wildman–Crippen LogP) is 1.57. The van der Waals surface area contributed by atoms with Crippen molar-refractivity contribution in [1.82, 2.24) is 42.5 Å². The van der Waals surface area contributed by atoms with Gasteiger partial charge in [0.1, 0.15) is 0 Å². The van der Waals surface area contributed by atoms with Crippen LogP contribution < -0.4 is 42.5 Å². The van der Waals surface area contributed by atoms with Crippen LogP contribution in [0.4, 0.5) is 0 Å². The first-order valence-corrected chi connectivity index (χ1v) is 18.0. The number of hydrogen-bond donors (Lipinski definition) is 9. The normalized spacial score (nSPS) is 56.9. The zero-order valence-corrected chi connectivity index (χ0v) is 26.1. The monoisotopic (exact) mass is 631 g/mol. The molecule has 42 heavy (non-hydrogen) atoms. The minimum Gasteiger partial charge on any atom is -0.393 e. The summed E-state index contributed by atoms with van der Waals surface area (Å²) in [6.07, 6.45) is 21.7. The van der Waals surface area contributed by atoms with Crippen molar-refractivity contribution in [3.63, 3.8) is 0 Å². The number of aliphatic hydroxyl groups excluding tert-OH is 1. The molecule has 0 amide bonds. The molecule has 9 rings (SSSR count). The summed E-state index contributed by atoms with van der Waals surface area (Å²) in [5.74, 6) is 4.87. The quantitative estimate of drug-likeness (QED) is 0.184. The molecule has 4 aliphatic carbocycles. The average molecular weight is 632 g/mol. The Labute approximate surface area is 263 Å². The molecule has 8 bridgehead atoms. The maximum atomic E-state index is 11.4. The van der Waals surface area contributed by atoms with E-state index < -0.39 is 0 Å². The SMILES string of the molecule is OC1CCCC2C3NC4NC(NC5NC(NC6NC(NC(N3)C12)C1CCCCC61)C1CCCCC51)C1CCCCC41.[Cu]. The zero-order valence-electron chi connectivity index (χ0n) is 25.2. The van der Waals surface area contributed by atoms with Crippen LogP contribution in [0.1, 0.15) is 96.3 Å². The van der Waals surface area contributed by atoms with Crippen LogP contribution in [0.3, 0.4) is 0 Å². The van der Waals surface area contributed by atoms with E-state index in [1.807, 2.05) is 0 Å². The fraction of sp³-hybridized carbons (Fsp3) is 1.00. The van der Waals surface area contributed by atoms with Crippen LogP contribution in [0.5, 0.6) is 0 Å². The molecule has 5 aliphatic heterocycles. The molecule has 1 radical (unpaired) electrons. The van der Waals surface area contributed by atoms with Crippen LogP contribution in [0.2, 0.25) is 0 Å². The third-order valence-corrected chi connectivity index (χ3v) is 13.9. The van der Waals surface area contributed by atoms with Gasteiger partial charge in [0.2, 0.25) is 0 Å². The van der Waals surface area contributed by atoms with Gasteiger partial charge in [-0.15, -0.1) is 0 Å². The van der Waals surface area contributed by atoms with E-state index in [1.165, 1.54) is 83.5 Å². The summed E-state index contributed by atoms with van der Waals surface area (Å²) in [4.78, 5) is 0. The maximum Gasteiger partial charge on any atom is 0.0653 e. The van der Waals surface area contributed by atoms with E-state index in [2.05, 4.69) is 42.5 Å². The molecule has 0 aromatic carbocycles. The molecule has 17 unspecified atom stereocenters. The van der Waals surface area contributed by atoms with Crippen molar-refractivity contribution in [3.05, 3.63) is 0 Å². The molecule has 17 atom stereocenters. The molecule has 10 heteroatoms. The van der Waals surface area contributed by atoms with E-state index in [1.54, 1.807) is 0 Å². The van der Waals surface area contributed by atoms with E-state index >= 15 is 0 Å². The van der Waals surface area contributed by atoms with Crippen LogP contribution in [-0.2, 0) is 17.1 Å². The Morgan fingerprint density at radius 2 is 0.571 bits per heavy atom. The smallest absolute Gasteiger partial charge is 0.0653 e. The molecule has 5 saturated heterocycles. The van der Waals surface area contributed by atoms with E-state index in [-0.39, 0.29) is 41.4 Å². The van der Waals surface area contributed by atoms with Crippen molar-refractivity contribution in [2.24, 2.45) is 47.3 Å². The van der Waals surface area contributed by atoms with Gasteiger partial charge in [-0.25, -0.2) is 0 Å². The minimum atomic E-state index is -0.221. The first-order chi connectivity index (χ1) is 20.2. The van der Waals surface area contributed by atoms with Crippen LogP contribution >= 0.6 is 0 Å². The average Bonchev–Trinajstić information content (AvgIpc) is 3.73. The molecule has 241 valence electrons. The molecular formula is C32H56CuN8O. The summed E-state index contributed by atoms with van der Waals surface area (Å²) < 4.78 is 0. The Hall–Kier alpha value is 0.159. The van der Waals surface area contributed by atoms with Gasteiger partial charge in [-0.1, -0.05) is 44.9 Å². The van der Waals surface area contributed by atoms with E-state index in [9.17, 15) is 5.11 Å². The predicted molar refractivity (Wildman–Crippen MR) is 159 cm³/mol. The minimum absolute atomic E-state index is 0. The molecule has 5 heterocycles. The van der Waals surface area contributed by atoms with Crippen molar-refractivity contribution in [2.75, 3.05) is 0 Å². The molecule has 9 fully saturated rings. The molecule has 0 aromatic rings. The van der Waals surface area contributed by atoms with Crippen molar-refractivity contribution in [1.29, 1.82) is 0 Å². The van der Waals surface area contributed by atoms with Gasteiger partial charge in [-0.05, 0) is 92.8 Å². The second kappa shape index (κ2) is 12.1. The third-order valence-electron chi connectivity index (χ3n) is 13.9. The number of rotatable bonds is 0. The van der Waals surface area contributed by atoms with E-state index in [0.29, 0.717) is 78.4 Å². The molecule has 4 saturated carbocycles. The van der Waals surface area contributed by atoms with Gasteiger partial charge in [0.15, 0.2) is 0 Å². The summed E-state index contributed by atoms with van der Waals surface area (Å²) in [6.45, 7) is 0. The first-order valence-electron chi connectivity index (χ1n) is 18.0. The molecular weight excluding hydrogens is 576 g/mol. The largest absolute Gasteiger partial charge is 0.393 e. The Kier molecular flexibility index (Phi) is 8.49. The molecule has 0 spiro atoms. The van der Waals surface area contributed by atoms with Crippen molar-refractivity contribution in [3.8, 4) is 0 Å². The van der Waals surface area contributed by atoms with Gasteiger partial charge in [0.25, 0.3) is 0 Å². The zero-order chi connectivity index (χ0) is 27.1. The topological polar surface area (TPSA) is 116 Å². The van der Waals surface area contributed by atoms with Gasteiger partial charge in [-0.2, -0.15) is 0 Å². The van der Waals surface area contributed by atoms with Crippen molar-refractivity contribution < 1.29 is 22.2 Å². The Morgan fingerprint density at radius 1 is 0.310 bits per heavy atom. The second-order valence-electron chi connectivity index (χ2n) is 15.7. The van der Waals surface area contributed by atoms with Gasteiger partial charge in [0.05, 0.1) is 55.4 Å². The third kappa shape index (κ3) is 4.98.